The summed E-state index contributed by atoms with van der Waals surface area (Å²) in [7, 11) is 0. The fourth-order valence-electron chi connectivity index (χ4n) is 1.58. The summed E-state index contributed by atoms with van der Waals surface area (Å²) in [4.78, 5) is 16.2. The topological polar surface area (TPSA) is 42.0 Å². The summed E-state index contributed by atoms with van der Waals surface area (Å²) in [6.45, 7) is 2.05. The summed E-state index contributed by atoms with van der Waals surface area (Å²) in [5, 5.41) is 3.47. The first-order valence-electron chi connectivity index (χ1n) is 5.71. The van der Waals surface area contributed by atoms with E-state index in [4.69, 9.17) is 0 Å². The highest BCUT2D eigenvalue weighted by Crippen LogP contribution is 2.34. The number of fused-ring (bicyclic) bond motifs is 1. The van der Waals surface area contributed by atoms with Crippen LogP contribution in [0.4, 0.5) is 5.13 Å². The van der Waals surface area contributed by atoms with Crippen LogP contribution in [0.5, 0.6) is 0 Å². The maximum absolute atomic E-state index is 11.9. The van der Waals surface area contributed by atoms with E-state index in [1.165, 1.54) is 11.3 Å². The Bertz CT molecular complexity index is 614. The van der Waals surface area contributed by atoms with Gasteiger partial charge in [0.05, 0.1) is 15.0 Å². The number of nitrogens with one attached hydrogen (secondary N) is 1. The molecule has 1 atom stereocenters. The number of rotatable bonds is 4. The van der Waals surface area contributed by atoms with Gasteiger partial charge in [0.2, 0.25) is 5.91 Å². The van der Waals surface area contributed by atoms with Crippen molar-refractivity contribution < 1.29 is 4.79 Å². The molecule has 7 heteroatoms. The lowest BCUT2D eigenvalue weighted by molar-refractivity contribution is -0.115. The molecular weight excluding hydrogens is 460 g/mol. The third kappa shape index (κ3) is 3.77. The summed E-state index contributed by atoms with van der Waals surface area (Å²) < 4.78 is 2.92. The molecule has 2 aromatic rings. The molecule has 0 aliphatic carbocycles. The second-order valence-electron chi connectivity index (χ2n) is 4.00. The second kappa shape index (κ2) is 6.65. The van der Waals surface area contributed by atoms with Gasteiger partial charge in [0.15, 0.2) is 5.13 Å². The van der Waals surface area contributed by atoms with E-state index in [-0.39, 0.29) is 10.7 Å². The van der Waals surface area contributed by atoms with Crippen molar-refractivity contribution in [2.45, 2.75) is 24.6 Å². The third-order valence-electron chi connectivity index (χ3n) is 2.47. The zero-order valence-corrected chi connectivity index (χ0v) is 15.6. The van der Waals surface area contributed by atoms with Crippen LogP contribution < -0.4 is 5.32 Å². The van der Waals surface area contributed by atoms with Crippen LogP contribution in [0, 0.1) is 0 Å². The molecule has 0 bridgehead atoms. The number of alkyl halides is 1. The van der Waals surface area contributed by atoms with Gasteiger partial charge in [-0.25, -0.2) is 4.98 Å². The van der Waals surface area contributed by atoms with Gasteiger partial charge in [-0.15, -0.1) is 0 Å². The number of carbonyl (C=O) groups excluding carboxylic acids is 1. The molecule has 0 spiro atoms. The van der Waals surface area contributed by atoms with E-state index in [1.807, 2.05) is 19.1 Å². The van der Waals surface area contributed by atoms with Gasteiger partial charge in [-0.1, -0.05) is 56.5 Å². The van der Waals surface area contributed by atoms with Gasteiger partial charge < -0.3 is 5.32 Å². The standard InChI is InChI=1S/C12H11Br3N2OS/c1-2-3-7(14)11(18)17-12-16-10-8(15)4-6(13)5-9(10)19-12/h4-5,7H,2-3H2,1H3,(H,16,17,18)/t7-/m0/s1. The first kappa shape index (κ1) is 15.4. The fraction of sp³-hybridized carbons (Fsp3) is 0.333. The second-order valence-corrected chi connectivity index (χ2v) is 7.90. The normalized spacial score (nSPS) is 12.6. The molecule has 19 heavy (non-hydrogen) atoms. The highest BCUT2D eigenvalue weighted by molar-refractivity contribution is 9.11. The molecule has 0 saturated carbocycles. The lowest BCUT2D eigenvalue weighted by atomic mass is 10.2. The van der Waals surface area contributed by atoms with Gasteiger partial charge in [0, 0.05) is 8.95 Å². The van der Waals surface area contributed by atoms with Crippen molar-refractivity contribution in [3.05, 3.63) is 21.1 Å². The van der Waals surface area contributed by atoms with Crippen molar-refractivity contribution in [2.75, 3.05) is 5.32 Å². The van der Waals surface area contributed by atoms with Crippen LogP contribution in [-0.4, -0.2) is 15.7 Å². The molecule has 0 fully saturated rings. The predicted octanol–water partition coefficient (Wildman–Crippen LogP) is 5.32. The lowest BCUT2D eigenvalue weighted by Gasteiger charge is -2.06. The molecule has 1 amide bonds. The van der Waals surface area contributed by atoms with Crippen LogP contribution in [0.3, 0.4) is 0 Å². The van der Waals surface area contributed by atoms with Gasteiger partial charge in [-0.3, -0.25) is 4.79 Å². The van der Waals surface area contributed by atoms with Crippen LogP contribution in [0.1, 0.15) is 19.8 Å². The van der Waals surface area contributed by atoms with Crippen molar-refractivity contribution in [2.24, 2.45) is 0 Å². The summed E-state index contributed by atoms with van der Waals surface area (Å²) in [5.41, 5.74) is 0.866. The van der Waals surface area contributed by atoms with E-state index in [0.29, 0.717) is 5.13 Å². The number of carbonyl (C=O) groups is 1. The van der Waals surface area contributed by atoms with Gasteiger partial charge in [-0.05, 0) is 34.5 Å². The van der Waals surface area contributed by atoms with Crippen LogP contribution in [0.15, 0.2) is 21.1 Å². The van der Waals surface area contributed by atoms with Crippen LogP contribution in [-0.2, 0) is 4.79 Å². The zero-order valence-electron chi connectivity index (χ0n) is 10.0. The Hall–Kier alpha value is 0.0200. The molecule has 1 aromatic heterocycles. The monoisotopic (exact) mass is 468 g/mol. The Labute approximate surface area is 140 Å². The third-order valence-corrected chi connectivity index (χ3v) is 5.32. The maximum Gasteiger partial charge on any atom is 0.239 e. The molecule has 1 aromatic carbocycles. The molecule has 0 aliphatic rings. The molecular formula is C12H11Br3N2OS. The Morgan fingerprint density at radius 1 is 1.47 bits per heavy atom. The zero-order chi connectivity index (χ0) is 14.0. The molecule has 0 radical (unpaired) electrons. The minimum atomic E-state index is -0.167. The smallest absolute Gasteiger partial charge is 0.239 e. The van der Waals surface area contributed by atoms with Crippen LogP contribution in [0.2, 0.25) is 0 Å². The minimum absolute atomic E-state index is 0.0453. The molecule has 102 valence electrons. The van der Waals surface area contributed by atoms with E-state index in [2.05, 4.69) is 58.1 Å². The number of hydrogen-bond donors (Lipinski definition) is 1. The van der Waals surface area contributed by atoms with Crippen LogP contribution >= 0.6 is 59.1 Å². The lowest BCUT2D eigenvalue weighted by Crippen LogP contribution is -2.22. The minimum Gasteiger partial charge on any atom is -0.301 e. The van der Waals surface area contributed by atoms with E-state index >= 15 is 0 Å². The number of aromatic nitrogens is 1. The van der Waals surface area contributed by atoms with Crippen molar-refractivity contribution in [3.8, 4) is 0 Å². The number of anilines is 1. The van der Waals surface area contributed by atoms with E-state index < -0.39 is 0 Å². The maximum atomic E-state index is 11.9. The summed E-state index contributed by atoms with van der Waals surface area (Å²) in [6.07, 6.45) is 1.77. The number of hydrogen-bond acceptors (Lipinski definition) is 3. The predicted molar refractivity (Wildman–Crippen MR) is 91.3 cm³/mol. The van der Waals surface area contributed by atoms with Gasteiger partial charge in [0.25, 0.3) is 0 Å². The molecule has 1 N–H and O–H groups in total. The molecule has 3 nitrogen and oxygen atoms in total. The van der Waals surface area contributed by atoms with Gasteiger partial charge in [-0.2, -0.15) is 0 Å². The van der Waals surface area contributed by atoms with Crippen molar-refractivity contribution in [3.63, 3.8) is 0 Å². The van der Waals surface area contributed by atoms with Crippen LogP contribution in [0.25, 0.3) is 10.2 Å². The molecule has 2 rings (SSSR count). The largest absolute Gasteiger partial charge is 0.301 e. The molecule has 1 heterocycles. The summed E-state index contributed by atoms with van der Waals surface area (Å²) >= 11 is 11.8. The number of thiazole rings is 1. The molecule has 0 aliphatic heterocycles. The van der Waals surface area contributed by atoms with Crippen molar-refractivity contribution in [1.82, 2.24) is 4.98 Å². The number of benzene rings is 1. The Balaban J connectivity index is 2.22. The molecule has 0 saturated heterocycles. The number of halogens is 3. The van der Waals surface area contributed by atoms with Crippen molar-refractivity contribution >= 4 is 80.4 Å². The Morgan fingerprint density at radius 3 is 2.89 bits per heavy atom. The van der Waals surface area contributed by atoms with Crippen molar-refractivity contribution in [1.29, 1.82) is 0 Å². The summed E-state index contributed by atoms with van der Waals surface area (Å²) in [5.74, 6) is -0.0453. The van der Waals surface area contributed by atoms with Gasteiger partial charge in [0.1, 0.15) is 0 Å². The fourth-order valence-corrected chi connectivity index (χ4v) is 4.68. The first-order chi connectivity index (χ1) is 9.01. The first-order valence-corrected chi connectivity index (χ1v) is 9.03. The SMILES string of the molecule is CCC[C@H](Br)C(=O)Nc1nc2c(Br)cc(Br)cc2s1. The molecule has 0 unspecified atom stereocenters. The Morgan fingerprint density at radius 2 is 2.21 bits per heavy atom. The van der Waals surface area contributed by atoms with E-state index in [0.717, 1.165) is 32.0 Å². The highest BCUT2D eigenvalue weighted by atomic mass is 79.9. The number of amides is 1. The average Bonchev–Trinajstić information content (AvgIpc) is 2.72. The number of nitrogens with zero attached hydrogens (tertiary/aromatic N) is 1. The highest BCUT2D eigenvalue weighted by Gasteiger charge is 2.16. The Kier molecular flexibility index (Phi) is 5.39. The summed E-state index contributed by atoms with van der Waals surface area (Å²) in [6, 6.07) is 3.93. The van der Waals surface area contributed by atoms with E-state index in [1.54, 1.807) is 0 Å². The quantitative estimate of drug-likeness (QED) is 0.614. The average molecular weight is 471 g/mol. The van der Waals surface area contributed by atoms with Gasteiger partial charge >= 0.3 is 0 Å². The van der Waals surface area contributed by atoms with E-state index in [9.17, 15) is 4.79 Å².